The van der Waals surface area contributed by atoms with E-state index in [1.807, 2.05) is 23.1 Å². The van der Waals surface area contributed by atoms with Crippen LogP contribution >= 0.6 is 0 Å². The number of aromatic nitrogens is 1. The largest absolute Gasteiger partial charge is 0.364 e. The Labute approximate surface area is 136 Å². The molecule has 0 saturated carbocycles. The zero-order valence-electron chi connectivity index (χ0n) is 13.5. The van der Waals surface area contributed by atoms with Crippen LogP contribution in [0.4, 0.5) is 0 Å². The standard InChI is InChI=1S/C18H23N3O2/c1-20-11-8-16(9-12-20)21(18(22)17-10-14-23-19-17)13-7-15-5-3-2-4-6-15/h2-6,10,14,16H,7-9,11-13H2,1H3. The molecule has 0 N–H and O–H groups in total. The quantitative estimate of drug-likeness (QED) is 0.851. The molecule has 1 amide bonds. The van der Waals surface area contributed by atoms with Gasteiger partial charge in [0.15, 0.2) is 5.69 Å². The van der Waals surface area contributed by atoms with Gasteiger partial charge in [0.05, 0.1) is 0 Å². The normalized spacial score (nSPS) is 16.4. The first-order chi connectivity index (χ1) is 11.2. The molecule has 2 aromatic rings. The lowest BCUT2D eigenvalue weighted by Crippen LogP contribution is -2.47. The molecule has 1 aromatic heterocycles. The number of rotatable bonds is 5. The molecule has 0 radical (unpaired) electrons. The Kier molecular flexibility index (Phi) is 5.08. The lowest BCUT2D eigenvalue weighted by atomic mass is 10.0. The number of benzene rings is 1. The van der Waals surface area contributed by atoms with Crippen LogP contribution in [0.1, 0.15) is 28.9 Å². The molecule has 0 aliphatic carbocycles. The minimum atomic E-state index is -0.0239. The van der Waals surface area contributed by atoms with Gasteiger partial charge < -0.3 is 14.3 Å². The molecule has 122 valence electrons. The Balaban J connectivity index is 1.71. The molecule has 5 heteroatoms. The molecule has 1 fully saturated rings. The molecule has 3 rings (SSSR count). The van der Waals surface area contributed by atoms with E-state index in [1.54, 1.807) is 6.07 Å². The van der Waals surface area contributed by atoms with Crippen molar-refractivity contribution >= 4 is 5.91 Å². The van der Waals surface area contributed by atoms with E-state index in [-0.39, 0.29) is 11.9 Å². The number of likely N-dealkylation sites (tertiary alicyclic amines) is 1. The van der Waals surface area contributed by atoms with Crippen molar-refractivity contribution in [3.8, 4) is 0 Å². The highest BCUT2D eigenvalue weighted by Gasteiger charge is 2.28. The zero-order valence-corrected chi connectivity index (χ0v) is 13.5. The minimum absolute atomic E-state index is 0.0239. The predicted octanol–water partition coefficient (Wildman–Crippen LogP) is 2.45. The molecule has 0 unspecified atom stereocenters. The number of carbonyl (C=O) groups is 1. The van der Waals surface area contributed by atoms with Crippen molar-refractivity contribution in [2.24, 2.45) is 0 Å². The summed E-state index contributed by atoms with van der Waals surface area (Å²) in [5.74, 6) is -0.0239. The summed E-state index contributed by atoms with van der Waals surface area (Å²) in [7, 11) is 2.13. The summed E-state index contributed by atoms with van der Waals surface area (Å²) in [6.07, 6.45) is 4.33. The summed E-state index contributed by atoms with van der Waals surface area (Å²) in [6.45, 7) is 2.77. The molecule has 0 spiro atoms. The monoisotopic (exact) mass is 313 g/mol. The average molecular weight is 313 g/mol. The lowest BCUT2D eigenvalue weighted by Gasteiger charge is -2.37. The molecule has 0 bridgehead atoms. The molecular weight excluding hydrogens is 290 g/mol. The fourth-order valence-corrected chi connectivity index (χ4v) is 3.12. The third-order valence-electron chi connectivity index (χ3n) is 4.53. The van der Waals surface area contributed by atoms with Gasteiger partial charge in [-0.2, -0.15) is 0 Å². The molecule has 1 aliphatic rings. The summed E-state index contributed by atoms with van der Waals surface area (Å²) < 4.78 is 4.85. The van der Waals surface area contributed by atoms with E-state index in [2.05, 4.69) is 29.2 Å². The Morgan fingerprint density at radius 1 is 1.26 bits per heavy atom. The van der Waals surface area contributed by atoms with E-state index < -0.39 is 0 Å². The Morgan fingerprint density at radius 3 is 2.65 bits per heavy atom. The van der Waals surface area contributed by atoms with E-state index in [1.165, 1.54) is 11.8 Å². The number of carbonyl (C=O) groups excluding carboxylic acids is 1. The van der Waals surface area contributed by atoms with Crippen LogP contribution in [0.25, 0.3) is 0 Å². The summed E-state index contributed by atoms with van der Waals surface area (Å²) in [5.41, 5.74) is 1.65. The molecule has 23 heavy (non-hydrogen) atoms. The van der Waals surface area contributed by atoms with Gasteiger partial charge in [-0.1, -0.05) is 35.5 Å². The van der Waals surface area contributed by atoms with Crippen molar-refractivity contribution in [3.05, 3.63) is 53.9 Å². The molecule has 1 aliphatic heterocycles. The molecule has 1 saturated heterocycles. The highest BCUT2D eigenvalue weighted by Crippen LogP contribution is 2.18. The van der Waals surface area contributed by atoms with Crippen LogP contribution in [0, 0.1) is 0 Å². The van der Waals surface area contributed by atoms with Gasteiger partial charge in [0.2, 0.25) is 0 Å². The van der Waals surface area contributed by atoms with Crippen LogP contribution in [0.5, 0.6) is 0 Å². The smallest absolute Gasteiger partial charge is 0.276 e. The van der Waals surface area contributed by atoms with Crippen molar-refractivity contribution in [1.82, 2.24) is 15.0 Å². The molecule has 5 nitrogen and oxygen atoms in total. The highest BCUT2D eigenvalue weighted by atomic mass is 16.5. The van der Waals surface area contributed by atoms with Crippen molar-refractivity contribution in [3.63, 3.8) is 0 Å². The minimum Gasteiger partial charge on any atom is -0.364 e. The summed E-state index contributed by atoms with van der Waals surface area (Å²) in [4.78, 5) is 17.1. The molecule has 0 atom stereocenters. The van der Waals surface area contributed by atoms with Gasteiger partial charge in [0.1, 0.15) is 6.26 Å². The summed E-state index contributed by atoms with van der Waals surface area (Å²) >= 11 is 0. The van der Waals surface area contributed by atoms with Crippen LogP contribution in [-0.2, 0) is 6.42 Å². The predicted molar refractivity (Wildman–Crippen MR) is 88.2 cm³/mol. The van der Waals surface area contributed by atoms with E-state index in [9.17, 15) is 4.79 Å². The van der Waals surface area contributed by atoms with Crippen molar-refractivity contribution in [1.29, 1.82) is 0 Å². The lowest BCUT2D eigenvalue weighted by molar-refractivity contribution is 0.0584. The number of hydrogen-bond donors (Lipinski definition) is 0. The summed E-state index contributed by atoms with van der Waals surface area (Å²) in [6, 6.07) is 12.2. The van der Waals surface area contributed by atoms with Gasteiger partial charge in [-0.15, -0.1) is 0 Å². The third-order valence-corrected chi connectivity index (χ3v) is 4.53. The van der Waals surface area contributed by atoms with Gasteiger partial charge in [-0.05, 0) is 45.0 Å². The second kappa shape index (κ2) is 7.42. The molecular formula is C18H23N3O2. The van der Waals surface area contributed by atoms with Crippen LogP contribution in [0.15, 0.2) is 47.2 Å². The Morgan fingerprint density at radius 2 is 2.00 bits per heavy atom. The van der Waals surface area contributed by atoms with E-state index in [0.29, 0.717) is 12.2 Å². The van der Waals surface area contributed by atoms with Crippen LogP contribution in [-0.4, -0.2) is 53.6 Å². The van der Waals surface area contributed by atoms with Crippen LogP contribution in [0.2, 0.25) is 0 Å². The van der Waals surface area contributed by atoms with Gasteiger partial charge in [0, 0.05) is 18.7 Å². The Hall–Kier alpha value is -2.14. The number of amides is 1. The SMILES string of the molecule is CN1CCC(N(CCc2ccccc2)C(=O)c2ccon2)CC1. The fraction of sp³-hybridized carbons (Fsp3) is 0.444. The average Bonchev–Trinajstić information content (AvgIpc) is 3.12. The van der Waals surface area contributed by atoms with Crippen molar-refractivity contribution in [2.45, 2.75) is 25.3 Å². The van der Waals surface area contributed by atoms with Crippen LogP contribution in [0.3, 0.4) is 0 Å². The fourth-order valence-electron chi connectivity index (χ4n) is 3.12. The Bertz CT molecular complexity index is 604. The first-order valence-corrected chi connectivity index (χ1v) is 8.18. The first kappa shape index (κ1) is 15.7. The topological polar surface area (TPSA) is 49.6 Å². The maximum absolute atomic E-state index is 12.8. The maximum atomic E-state index is 12.8. The maximum Gasteiger partial charge on any atom is 0.276 e. The third kappa shape index (κ3) is 3.99. The molecule has 2 heterocycles. The van der Waals surface area contributed by atoms with E-state index in [0.717, 1.165) is 32.4 Å². The zero-order chi connectivity index (χ0) is 16.1. The second-order valence-corrected chi connectivity index (χ2v) is 6.15. The van der Waals surface area contributed by atoms with Crippen molar-refractivity contribution < 1.29 is 9.32 Å². The van der Waals surface area contributed by atoms with Gasteiger partial charge in [-0.25, -0.2) is 0 Å². The number of piperidine rings is 1. The molecule has 1 aromatic carbocycles. The number of nitrogens with zero attached hydrogens (tertiary/aromatic N) is 3. The van der Waals surface area contributed by atoms with Crippen molar-refractivity contribution in [2.75, 3.05) is 26.7 Å². The van der Waals surface area contributed by atoms with Gasteiger partial charge >= 0.3 is 0 Å². The van der Waals surface area contributed by atoms with Gasteiger partial charge in [-0.3, -0.25) is 4.79 Å². The summed E-state index contributed by atoms with van der Waals surface area (Å²) in [5, 5.41) is 3.83. The van der Waals surface area contributed by atoms with E-state index in [4.69, 9.17) is 4.52 Å². The van der Waals surface area contributed by atoms with E-state index >= 15 is 0 Å². The van der Waals surface area contributed by atoms with Crippen LogP contribution < -0.4 is 0 Å². The first-order valence-electron chi connectivity index (χ1n) is 8.18. The second-order valence-electron chi connectivity index (χ2n) is 6.15. The van der Waals surface area contributed by atoms with Gasteiger partial charge in [0.25, 0.3) is 5.91 Å². The highest BCUT2D eigenvalue weighted by molar-refractivity contribution is 5.92. The number of hydrogen-bond acceptors (Lipinski definition) is 4.